The lowest BCUT2D eigenvalue weighted by Gasteiger charge is -2.22. The molecule has 1 amide bonds. The molecule has 2 N–H and O–H groups in total. The average molecular weight is 346 g/mol. The van der Waals surface area contributed by atoms with Crippen molar-refractivity contribution in [1.29, 1.82) is 0 Å². The van der Waals surface area contributed by atoms with Crippen LogP contribution >= 0.6 is 11.3 Å². The number of carbonyl (C=O) groups is 1. The van der Waals surface area contributed by atoms with Gasteiger partial charge >= 0.3 is 0 Å². The first-order valence-electron chi connectivity index (χ1n) is 8.49. The molecule has 1 aromatic heterocycles. The van der Waals surface area contributed by atoms with Gasteiger partial charge < -0.3 is 10.6 Å². The Bertz CT molecular complexity index is 690. The molecule has 3 nitrogen and oxygen atoms in total. The third-order valence-corrected chi connectivity index (χ3v) is 5.58. The molecule has 1 aliphatic heterocycles. The SMILES string of the molecule is Cc1sc(C(=O)NCCC2CCCNC2)cc1-c1ccc(F)cc1. The standard InChI is InChI=1S/C19H23FN2OS/c1-13-17(15-4-6-16(20)7-5-15)11-18(24-13)19(23)22-10-8-14-3-2-9-21-12-14/h4-7,11,14,21H,2-3,8-10,12H2,1H3,(H,22,23). The second-order valence-electron chi connectivity index (χ2n) is 6.34. The van der Waals surface area contributed by atoms with E-state index in [-0.39, 0.29) is 11.7 Å². The van der Waals surface area contributed by atoms with Crippen molar-refractivity contribution in [1.82, 2.24) is 10.6 Å². The molecule has 0 spiro atoms. The Balaban J connectivity index is 1.59. The molecule has 1 fully saturated rings. The fourth-order valence-electron chi connectivity index (χ4n) is 3.16. The Morgan fingerprint density at radius 2 is 2.17 bits per heavy atom. The van der Waals surface area contributed by atoms with Crippen LogP contribution in [-0.2, 0) is 0 Å². The van der Waals surface area contributed by atoms with Gasteiger partial charge in [0.15, 0.2) is 0 Å². The normalized spacial score (nSPS) is 17.7. The van der Waals surface area contributed by atoms with Gasteiger partial charge in [0.2, 0.25) is 0 Å². The molecule has 1 atom stereocenters. The first-order valence-corrected chi connectivity index (χ1v) is 9.30. The lowest BCUT2D eigenvalue weighted by molar-refractivity contribution is 0.0954. The van der Waals surface area contributed by atoms with Crippen LogP contribution in [-0.4, -0.2) is 25.5 Å². The van der Waals surface area contributed by atoms with Crippen molar-refractivity contribution in [3.8, 4) is 11.1 Å². The van der Waals surface area contributed by atoms with E-state index >= 15 is 0 Å². The molecule has 128 valence electrons. The molecule has 2 heterocycles. The lowest BCUT2D eigenvalue weighted by atomic mass is 9.96. The molecular weight excluding hydrogens is 323 g/mol. The maximum atomic E-state index is 13.1. The number of hydrogen-bond donors (Lipinski definition) is 2. The topological polar surface area (TPSA) is 41.1 Å². The molecule has 0 bridgehead atoms. The Kier molecular flexibility index (Phi) is 5.63. The number of carbonyl (C=O) groups excluding carboxylic acids is 1. The van der Waals surface area contributed by atoms with Crippen LogP contribution in [0, 0.1) is 18.7 Å². The summed E-state index contributed by atoms with van der Waals surface area (Å²) in [4.78, 5) is 14.1. The van der Waals surface area contributed by atoms with Gasteiger partial charge in [0, 0.05) is 11.4 Å². The molecule has 2 aromatic rings. The summed E-state index contributed by atoms with van der Waals surface area (Å²) < 4.78 is 13.1. The fourth-order valence-corrected chi connectivity index (χ4v) is 4.12. The van der Waals surface area contributed by atoms with Crippen LogP contribution in [0.2, 0.25) is 0 Å². The zero-order valence-electron chi connectivity index (χ0n) is 13.9. The van der Waals surface area contributed by atoms with Crippen LogP contribution in [0.15, 0.2) is 30.3 Å². The molecule has 24 heavy (non-hydrogen) atoms. The van der Waals surface area contributed by atoms with Crippen molar-refractivity contribution < 1.29 is 9.18 Å². The smallest absolute Gasteiger partial charge is 0.261 e. The Morgan fingerprint density at radius 3 is 2.88 bits per heavy atom. The number of rotatable bonds is 5. The van der Waals surface area contributed by atoms with Gasteiger partial charge in [0.05, 0.1) is 4.88 Å². The van der Waals surface area contributed by atoms with E-state index in [4.69, 9.17) is 0 Å². The Labute approximate surface area is 146 Å². The molecule has 5 heteroatoms. The van der Waals surface area contributed by atoms with E-state index in [0.717, 1.165) is 35.5 Å². The van der Waals surface area contributed by atoms with Crippen molar-refractivity contribution in [3.63, 3.8) is 0 Å². The van der Waals surface area contributed by atoms with Gasteiger partial charge in [0.1, 0.15) is 5.82 Å². The van der Waals surface area contributed by atoms with Crippen LogP contribution in [0.1, 0.15) is 33.8 Å². The Morgan fingerprint density at radius 1 is 1.38 bits per heavy atom. The van der Waals surface area contributed by atoms with E-state index in [1.807, 2.05) is 13.0 Å². The summed E-state index contributed by atoms with van der Waals surface area (Å²) in [6, 6.07) is 8.31. The zero-order valence-corrected chi connectivity index (χ0v) is 14.7. The highest BCUT2D eigenvalue weighted by Crippen LogP contribution is 2.31. The summed E-state index contributed by atoms with van der Waals surface area (Å²) in [7, 11) is 0. The molecule has 3 rings (SSSR count). The highest BCUT2D eigenvalue weighted by Gasteiger charge is 2.16. The van der Waals surface area contributed by atoms with Gasteiger partial charge in [-0.05, 0) is 74.5 Å². The number of halogens is 1. The molecule has 0 radical (unpaired) electrons. The Hall–Kier alpha value is -1.72. The number of nitrogens with one attached hydrogen (secondary N) is 2. The summed E-state index contributed by atoms with van der Waals surface area (Å²) in [5, 5.41) is 6.43. The summed E-state index contributed by atoms with van der Waals surface area (Å²) in [6.07, 6.45) is 3.49. The van der Waals surface area contributed by atoms with Crippen LogP contribution in [0.5, 0.6) is 0 Å². The molecular formula is C19H23FN2OS. The minimum absolute atomic E-state index is 0.0137. The van der Waals surface area contributed by atoms with Gasteiger partial charge in [0.25, 0.3) is 5.91 Å². The minimum atomic E-state index is -0.248. The third kappa shape index (κ3) is 4.22. The van der Waals surface area contributed by atoms with Crippen LogP contribution in [0.3, 0.4) is 0 Å². The summed E-state index contributed by atoms with van der Waals surface area (Å²) in [5.41, 5.74) is 1.94. The second kappa shape index (κ2) is 7.90. The minimum Gasteiger partial charge on any atom is -0.351 e. The van der Waals surface area contributed by atoms with Crippen molar-refractivity contribution >= 4 is 17.2 Å². The zero-order chi connectivity index (χ0) is 16.9. The maximum absolute atomic E-state index is 13.1. The predicted octanol–water partition coefficient (Wildman–Crippen LogP) is 3.98. The molecule has 1 saturated heterocycles. The van der Waals surface area contributed by atoms with Crippen LogP contribution < -0.4 is 10.6 Å². The number of amides is 1. The maximum Gasteiger partial charge on any atom is 0.261 e. The number of aryl methyl sites for hydroxylation is 1. The highest BCUT2D eigenvalue weighted by molar-refractivity contribution is 7.14. The molecule has 0 saturated carbocycles. The number of piperidine rings is 1. The highest BCUT2D eigenvalue weighted by atomic mass is 32.1. The van der Waals surface area contributed by atoms with Gasteiger partial charge in [-0.25, -0.2) is 4.39 Å². The van der Waals surface area contributed by atoms with Gasteiger partial charge in [-0.1, -0.05) is 12.1 Å². The number of hydrogen-bond acceptors (Lipinski definition) is 3. The molecule has 1 aromatic carbocycles. The van der Waals surface area contributed by atoms with E-state index in [1.165, 1.54) is 36.3 Å². The monoisotopic (exact) mass is 346 g/mol. The number of benzene rings is 1. The van der Waals surface area contributed by atoms with Crippen LogP contribution in [0.4, 0.5) is 4.39 Å². The predicted molar refractivity (Wildman–Crippen MR) is 97.0 cm³/mol. The first kappa shape index (κ1) is 17.1. The van der Waals surface area contributed by atoms with Crippen LogP contribution in [0.25, 0.3) is 11.1 Å². The largest absolute Gasteiger partial charge is 0.351 e. The third-order valence-electron chi connectivity index (χ3n) is 4.53. The van der Waals surface area contributed by atoms with Crippen molar-refractivity contribution in [2.45, 2.75) is 26.2 Å². The summed E-state index contributed by atoms with van der Waals surface area (Å²) in [5.74, 6) is 0.404. The van der Waals surface area contributed by atoms with Gasteiger partial charge in [-0.3, -0.25) is 4.79 Å². The van der Waals surface area contributed by atoms with E-state index < -0.39 is 0 Å². The summed E-state index contributed by atoms with van der Waals surface area (Å²) in [6.45, 7) is 4.88. The van der Waals surface area contributed by atoms with E-state index in [1.54, 1.807) is 12.1 Å². The average Bonchev–Trinajstić information content (AvgIpc) is 2.98. The van der Waals surface area contributed by atoms with Crippen molar-refractivity contribution in [2.24, 2.45) is 5.92 Å². The van der Waals surface area contributed by atoms with Gasteiger partial charge in [-0.2, -0.15) is 0 Å². The van der Waals surface area contributed by atoms with Crippen molar-refractivity contribution in [2.75, 3.05) is 19.6 Å². The summed E-state index contributed by atoms with van der Waals surface area (Å²) >= 11 is 1.49. The first-order chi connectivity index (χ1) is 11.6. The quantitative estimate of drug-likeness (QED) is 0.860. The van der Waals surface area contributed by atoms with E-state index in [9.17, 15) is 9.18 Å². The van der Waals surface area contributed by atoms with Crippen molar-refractivity contribution in [3.05, 3.63) is 45.9 Å². The fraction of sp³-hybridized carbons (Fsp3) is 0.421. The molecule has 1 unspecified atom stereocenters. The van der Waals surface area contributed by atoms with E-state index in [0.29, 0.717) is 17.3 Å². The lowest BCUT2D eigenvalue weighted by Crippen LogP contribution is -2.33. The van der Waals surface area contributed by atoms with Gasteiger partial charge in [-0.15, -0.1) is 11.3 Å². The van der Waals surface area contributed by atoms with E-state index in [2.05, 4.69) is 10.6 Å². The number of thiophene rings is 1. The molecule has 1 aliphatic rings. The molecule has 0 aliphatic carbocycles. The second-order valence-corrected chi connectivity index (χ2v) is 7.60.